The Kier molecular flexibility index (Phi) is 42.7. The number of hydrogen-bond donors (Lipinski definition) is 12. The average molecular weight is 1990 g/mol. The number of amides is 9. The number of aryl methyl sites for hydroxylation is 2. The van der Waals surface area contributed by atoms with Gasteiger partial charge in [0.1, 0.15) is 82.2 Å². The summed E-state index contributed by atoms with van der Waals surface area (Å²) in [5.74, 6) is -1.77. The lowest BCUT2D eigenvalue weighted by atomic mass is 10.1. The van der Waals surface area contributed by atoms with Crippen molar-refractivity contribution in [2.75, 3.05) is 60.4 Å². The molecule has 15 aromatic carbocycles. The van der Waals surface area contributed by atoms with Crippen molar-refractivity contribution in [3.8, 4) is 0 Å². The van der Waals surface area contributed by atoms with Gasteiger partial charge < -0.3 is 84.1 Å². The molecule has 0 aromatic heterocycles. The first-order valence-corrected chi connectivity index (χ1v) is 49.0. The van der Waals surface area contributed by atoms with E-state index in [1.54, 1.807) is 0 Å². The molecule has 0 spiro atoms. The van der Waals surface area contributed by atoms with Crippen LogP contribution < -0.4 is 75.0 Å². The predicted molar refractivity (Wildman–Crippen MR) is 548 cm³/mol. The normalized spacial score (nSPS) is 11.3. The summed E-state index contributed by atoms with van der Waals surface area (Å²) in [7, 11) is -7.83. The van der Waals surface area contributed by atoms with Gasteiger partial charge in [-0.3, -0.25) is 14.4 Å². The predicted octanol–water partition coefficient (Wildman–Crippen LogP) is 15.4. The number of hydrogen-bond acceptors (Lipinski definition) is 12. The molecule has 143 heavy (non-hydrogen) atoms. The van der Waals surface area contributed by atoms with Gasteiger partial charge in [0.2, 0.25) is 17.7 Å². The molecule has 0 fully saturated rings. The van der Waals surface area contributed by atoms with Crippen LogP contribution in [0.3, 0.4) is 0 Å². The molecule has 15 rings (SSSR count). The summed E-state index contributed by atoms with van der Waals surface area (Å²) in [4.78, 5) is 78.7. The van der Waals surface area contributed by atoms with Gasteiger partial charge in [-0.25, -0.2) is 48.8 Å². The molecular weight excluding hydrogens is 1880 g/mol. The Bertz CT molecular complexity index is 5810. The van der Waals surface area contributed by atoms with Gasteiger partial charge in [-0.2, -0.15) is 0 Å². The first-order chi connectivity index (χ1) is 68.1. The summed E-state index contributed by atoms with van der Waals surface area (Å²) in [6.45, 7) is 11.3. The minimum absolute atomic E-state index is 0. The van der Waals surface area contributed by atoms with E-state index >= 15 is 0 Å². The average Bonchev–Trinajstić information content (AvgIpc) is 0.859. The first-order valence-electron chi connectivity index (χ1n) is 45.4. The molecule has 738 valence electrons. The zero-order valence-electron chi connectivity index (χ0n) is 79.0. The lowest BCUT2D eigenvalue weighted by molar-refractivity contribution is -0.941. The van der Waals surface area contributed by atoms with Crippen molar-refractivity contribution in [1.29, 1.82) is 0 Å². The number of carbonyl (C=O) groups is 6. The monoisotopic (exact) mass is 1990 g/mol. The SMILES string of the molecule is CS(=O)(=O)[O-].CS(=O)(=O)[O-].Cc1ccc(NC(=O)Cc2ccc(C[NH+](Cc3ccccc3)Cc3ccc(NC(=O)Nc4ccc(C)cc4)cc3)cc2)cc1.O=C(Cc1ccc(C[NH+](Cc2ccccc2)Cc2ccc(NC(=O)Nc3ccc(F)cc3)cc2)cc1)Nc1ccc(F)cc1.O=C(Cc1ccc(C[NH+](Cc2ccccc2)Cc2ccc(NC(=O)Nc3ccc(F)cc3)cc2)cc1)Nc1ccc(F)cc1.[Cl-]. The highest BCUT2D eigenvalue weighted by molar-refractivity contribution is 7.85. The van der Waals surface area contributed by atoms with E-state index in [-0.39, 0.29) is 72.3 Å². The molecule has 3 unspecified atom stereocenters. The van der Waals surface area contributed by atoms with Crippen molar-refractivity contribution in [3.63, 3.8) is 0 Å². The molecule has 0 aliphatic heterocycles. The summed E-state index contributed by atoms with van der Waals surface area (Å²) in [5, 5.41) is 25.3. The van der Waals surface area contributed by atoms with Crippen molar-refractivity contribution >= 4 is 107 Å². The maximum absolute atomic E-state index is 13.1. The second-order valence-corrected chi connectivity index (χ2v) is 36.7. The highest BCUT2D eigenvalue weighted by Gasteiger charge is 2.20. The van der Waals surface area contributed by atoms with Crippen LogP contribution >= 0.6 is 0 Å². The standard InChI is InChI=1S/C38H38N4O2.2C36H32F2N4O2.2CH4O3S.ClH/c1-28-8-18-34(19-9-28)39-37(43)24-30-12-14-32(15-13-30)26-42(25-31-6-4-3-5-7-31)27-33-16-22-36(23-17-33)41-38(44)40-35-20-10-29(2)11-21-35;2*37-30-12-18-32(19-13-30)39-35(43)22-26-6-8-28(9-7-26)24-42(23-27-4-2-1-3-5-27)25-29-10-16-33(17-11-29)40-36(44)41-34-20-14-31(38)15-21-34;2*1-5(2,3)4;/h3-23H,24-27H2,1-2H3,(H,39,43)(H2,40,41,44);2*1-21H,22-25H2,(H,39,43)(H2,40,41,44);2*1H3,(H,2,3,4);1H. The van der Waals surface area contributed by atoms with Crippen LogP contribution in [-0.2, 0) is 113 Å². The van der Waals surface area contributed by atoms with Gasteiger partial charge in [0.05, 0.1) is 39.5 Å². The lowest BCUT2D eigenvalue weighted by Gasteiger charge is -2.20. The molecule has 9 amide bonds. The number of nitrogens with one attached hydrogen (secondary N) is 12. The summed E-state index contributed by atoms with van der Waals surface area (Å²) in [5.41, 5.74) is 21.5. The lowest BCUT2D eigenvalue weighted by Crippen LogP contribution is -3.08. The number of carbonyl (C=O) groups excluding carboxylic acids is 6. The summed E-state index contributed by atoms with van der Waals surface area (Å²) in [6, 6.07) is 116. The molecule has 0 aliphatic carbocycles. The molecule has 31 heteroatoms. The van der Waals surface area contributed by atoms with Crippen LogP contribution in [0.1, 0.15) is 77.9 Å². The van der Waals surface area contributed by atoms with E-state index < -0.39 is 32.3 Å². The molecule has 24 nitrogen and oxygen atoms in total. The van der Waals surface area contributed by atoms with Crippen LogP contribution in [0.4, 0.5) is 83.1 Å². The number of urea groups is 3. The Morgan fingerprint density at radius 3 is 0.524 bits per heavy atom. The van der Waals surface area contributed by atoms with Crippen LogP contribution in [0.25, 0.3) is 0 Å². The van der Waals surface area contributed by atoms with Crippen LogP contribution in [0.5, 0.6) is 0 Å². The van der Waals surface area contributed by atoms with Crippen molar-refractivity contribution < 1.29 is 99.4 Å². The van der Waals surface area contributed by atoms with Gasteiger partial charge in [-0.15, -0.1) is 0 Å². The summed E-state index contributed by atoms with van der Waals surface area (Å²) in [6.07, 6.45) is 1.99. The Balaban J connectivity index is 0.000000209. The molecular formula is C112H111ClF4N12O12S2. The van der Waals surface area contributed by atoms with E-state index in [9.17, 15) is 46.3 Å². The fourth-order valence-electron chi connectivity index (χ4n) is 14.8. The van der Waals surface area contributed by atoms with Gasteiger partial charge in [-0.1, -0.05) is 236 Å². The highest BCUT2D eigenvalue weighted by Crippen LogP contribution is 2.21. The Morgan fingerprint density at radius 2 is 0.350 bits per heavy atom. The Morgan fingerprint density at radius 1 is 0.217 bits per heavy atom. The van der Waals surface area contributed by atoms with Gasteiger partial charge in [-0.05, 0) is 188 Å². The molecule has 0 saturated carbocycles. The van der Waals surface area contributed by atoms with Gasteiger partial charge in [0.15, 0.2) is 0 Å². The van der Waals surface area contributed by atoms with Gasteiger partial charge >= 0.3 is 18.1 Å². The minimum atomic E-state index is -3.92. The van der Waals surface area contributed by atoms with E-state index in [1.807, 2.05) is 202 Å². The Hall–Kier alpha value is -15.8. The van der Waals surface area contributed by atoms with Gasteiger partial charge in [0.25, 0.3) is 0 Å². The quantitative estimate of drug-likeness (QED) is 0.0135. The molecule has 0 bridgehead atoms. The smallest absolute Gasteiger partial charge is 0.323 e. The van der Waals surface area contributed by atoms with Crippen molar-refractivity contribution in [3.05, 3.63) is 483 Å². The topological polar surface area (TPSA) is 338 Å². The molecule has 15 aromatic rings. The molecule has 0 radical (unpaired) electrons. The second-order valence-electron chi connectivity index (χ2n) is 33.9. The first kappa shape index (κ1) is 109. The van der Waals surface area contributed by atoms with Gasteiger partial charge in [0, 0.05) is 114 Å². The van der Waals surface area contributed by atoms with Crippen LogP contribution in [0.15, 0.2) is 382 Å². The van der Waals surface area contributed by atoms with Crippen LogP contribution in [-0.4, -0.2) is 74.3 Å². The maximum atomic E-state index is 13.1. The fourth-order valence-corrected chi connectivity index (χ4v) is 14.8. The molecule has 0 aliphatic rings. The van der Waals surface area contributed by atoms with Crippen molar-refractivity contribution in [2.24, 2.45) is 0 Å². The molecule has 0 heterocycles. The van der Waals surface area contributed by atoms with E-state index in [0.29, 0.717) is 53.1 Å². The third-order valence-electron chi connectivity index (χ3n) is 21.5. The van der Waals surface area contributed by atoms with E-state index in [0.717, 1.165) is 126 Å². The minimum Gasteiger partial charge on any atom is -1.00 e. The van der Waals surface area contributed by atoms with E-state index in [2.05, 4.69) is 145 Å². The Labute approximate surface area is 837 Å². The molecule has 3 atom stereocenters. The zero-order chi connectivity index (χ0) is 101. The van der Waals surface area contributed by atoms with E-state index in [1.165, 1.54) is 140 Å². The third-order valence-corrected chi connectivity index (χ3v) is 21.5. The van der Waals surface area contributed by atoms with Crippen LogP contribution in [0.2, 0.25) is 0 Å². The number of rotatable bonds is 33. The molecule has 12 N–H and O–H groups in total. The van der Waals surface area contributed by atoms with Crippen molar-refractivity contribution in [1.82, 2.24) is 0 Å². The highest BCUT2D eigenvalue weighted by atomic mass is 35.5. The van der Waals surface area contributed by atoms with Crippen LogP contribution in [0, 0.1) is 37.1 Å². The maximum Gasteiger partial charge on any atom is 0.323 e. The summed E-state index contributed by atoms with van der Waals surface area (Å²) >= 11 is 0. The molecule has 0 saturated heterocycles. The number of quaternary nitrogens is 3. The number of anilines is 9. The third kappa shape index (κ3) is 43.3. The number of halogens is 5. The fraction of sp³-hybridized carbons (Fsp3) is 0.143. The van der Waals surface area contributed by atoms with Crippen molar-refractivity contribution in [2.45, 2.75) is 92.0 Å². The van der Waals surface area contributed by atoms with E-state index in [4.69, 9.17) is 25.9 Å². The summed E-state index contributed by atoms with van der Waals surface area (Å²) < 4.78 is 107. The largest absolute Gasteiger partial charge is 1.00 e. The second kappa shape index (κ2) is 55.9. The zero-order valence-corrected chi connectivity index (χ0v) is 81.4. The number of benzene rings is 15.